The molecule has 3 aromatic heterocycles. The highest BCUT2D eigenvalue weighted by molar-refractivity contribution is 6.41. The zero-order valence-electron chi connectivity index (χ0n) is 23.7. The molecule has 4 heterocycles. The summed E-state index contributed by atoms with van der Waals surface area (Å²) in [5.41, 5.74) is 2.59. The number of halogens is 2. The lowest BCUT2D eigenvalue weighted by molar-refractivity contribution is -0.117. The maximum absolute atomic E-state index is 12.2. The SMILES string of the molecule is C=CC(=O)N[C@H]1CN(c2cn[nH]c2)C[C@H]1Nc1ncc2cc(-c3c(Cl)c(OC)cc(OC)c3Cl)nc(NCC3CC3)c2n1. The zero-order valence-corrected chi connectivity index (χ0v) is 25.2. The Bertz CT molecular complexity index is 1630. The first-order valence-corrected chi connectivity index (χ1v) is 14.6. The van der Waals surface area contributed by atoms with Crippen molar-refractivity contribution in [2.24, 2.45) is 5.92 Å². The quantitative estimate of drug-likeness (QED) is 0.176. The number of ether oxygens (including phenoxy) is 2. The summed E-state index contributed by atoms with van der Waals surface area (Å²) in [5.74, 6) is 2.17. The van der Waals surface area contributed by atoms with E-state index < -0.39 is 0 Å². The Morgan fingerprint density at radius 3 is 2.51 bits per heavy atom. The van der Waals surface area contributed by atoms with Crippen LogP contribution in [-0.4, -0.2) is 77.0 Å². The van der Waals surface area contributed by atoms with Crippen LogP contribution in [-0.2, 0) is 4.79 Å². The zero-order chi connectivity index (χ0) is 30.1. The number of aromatic amines is 1. The van der Waals surface area contributed by atoms with Gasteiger partial charge in [-0.05, 0) is 30.9 Å². The lowest BCUT2D eigenvalue weighted by Crippen LogP contribution is -2.45. The van der Waals surface area contributed by atoms with E-state index in [-0.39, 0.29) is 18.0 Å². The molecule has 1 aliphatic carbocycles. The molecule has 1 aliphatic heterocycles. The topological polar surface area (TPSA) is 142 Å². The van der Waals surface area contributed by atoms with E-state index in [1.807, 2.05) is 12.3 Å². The molecule has 0 bridgehead atoms. The predicted molar refractivity (Wildman–Crippen MR) is 167 cm³/mol. The fraction of sp³-hybridized carbons (Fsp3) is 0.345. The third-order valence-electron chi connectivity index (χ3n) is 7.65. The van der Waals surface area contributed by atoms with Crippen molar-refractivity contribution < 1.29 is 14.3 Å². The largest absolute Gasteiger partial charge is 0.495 e. The fourth-order valence-corrected chi connectivity index (χ4v) is 5.86. The highest BCUT2D eigenvalue weighted by Crippen LogP contribution is 2.46. The monoisotopic (exact) mass is 623 g/mol. The van der Waals surface area contributed by atoms with Crippen molar-refractivity contribution >= 4 is 57.5 Å². The van der Waals surface area contributed by atoms with Crippen LogP contribution < -0.4 is 30.3 Å². The van der Waals surface area contributed by atoms with Crippen LogP contribution in [0, 0.1) is 5.92 Å². The minimum atomic E-state index is -0.250. The van der Waals surface area contributed by atoms with Gasteiger partial charge in [-0.25, -0.2) is 15.0 Å². The summed E-state index contributed by atoms with van der Waals surface area (Å²) in [6, 6.07) is 3.08. The minimum Gasteiger partial charge on any atom is -0.495 e. The molecule has 1 amide bonds. The molecule has 1 aromatic carbocycles. The van der Waals surface area contributed by atoms with Gasteiger partial charge in [-0.15, -0.1) is 0 Å². The number of hydrogen-bond acceptors (Lipinski definition) is 10. The van der Waals surface area contributed by atoms with Crippen LogP contribution in [0.5, 0.6) is 11.5 Å². The minimum absolute atomic E-state index is 0.187. The maximum Gasteiger partial charge on any atom is 0.243 e. The Labute approximate surface area is 258 Å². The third-order valence-corrected chi connectivity index (χ3v) is 8.40. The Balaban J connectivity index is 1.37. The lowest BCUT2D eigenvalue weighted by Gasteiger charge is -2.20. The Hall–Kier alpha value is -4.29. The molecule has 2 fully saturated rings. The average molecular weight is 625 g/mol. The average Bonchev–Trinajstić information content (AvgIpc) is 3.51. The number of fused-ring (bicyclic) bond motifs is 1. The van der Waals surface area contributed by atoms with Crippen LogP contribution >= 0.6 is 23.2 Å². The first-order valence-electron chi connectivity index (χ1n) is 13.8. The molecule has 0 radical (unpaired) electrons. The maximum atomic E-state index is 12.2. The summed E-state index contributed by atoms with van der Waals surface area (Å²) in [7, 11) is 3.06. The smallest absolute Gasteiger partial charge is 0.243 e. The van der Waals surface area contributed by atoms with Crippen LogP contribution in [0.1, 0.15) is 12.8 Å². The van der Waals surface area contributed by atoms with E-state index in [4.69, 9.17) is 42.6 Å². The van der Waals surface area contributed by atoms with Crippen molar-refractivity contribution in [3.8, 4) is 22.8 Å². The standard InChI is InChI=1S/C29H31Cl2N9O3/c1-4-23(41)36-19-13-40(17-11-34-35-12-17)14-20(19)38-29-33-10-16-7-18(37-28(27(16)39-29)32-9-15-5-6-15)24-25(30)21(42-2)8-22(43-3)26(24)31/h4,7-8,10-12,15,19-20H,1,5-6,9,13-14H2,2-3H3,(H,32,37)(H,34,35)(H,36,41)(H,33,38,39)/t19-,20+/m0/s1. The van der Waals surface area contributed by atoms with Crippen LogP contribution in [0.25, 0.3) is 22.2 Å². The summed E-state index contributed by atoms with van der Waals surface area (Å²) in [6.07, 6.45) is 8.91. The Morgan fingerprint density at radius 1 is 1.12 bits per heavy atom. The van der Waals surface area contributed by atoms with Crippen molar-refractivity contribution in [1.29, 1.82) is 0 Å². The fourth-order valence-electron chi connectivity index (χ4n) is 5.17. The summed E-state index contributed by atoms with van der Waals surface area (Å²) in [5, 5.41) is 18.2. The molecule has 43 heavy (non-hydrogen) atoms. The molecule has 6 rings (SSSR count). The van der Waals surface area contributed by atoms with Gasteiger partial charge in [-0.2, -0.15) is 5.10 Å². The number of nitrogens with zero attached hydrogens (tertiary/aromatic N) is 5. The van der Waals surface area contributed by atoms with E-state index >= 15 is 0 Å². The van der Waals surface area contributed by atoms with Crippen LogP contribution in [0.4, 0.5) is 17.5 Å². The summed E-state index contributed by atoms with van der Waals surface area (Å²) < 4.78 is 10.9. The number of anilines is 3. The van der Waals surface area contributed by atoms with Crippen molar-refractivity contribution in [2.45, 2.75) is 24.9 Å². The normalized spacial score (nSPS) is 18.0. The van der Waals surface area contributed by atoms with Gasteiger partial charge in [-0.3, -0.25) is 9.89 Å². The van der Waals surface area contributed by atoms with Crippen molar-refractivity contribution in [3.63, 3.8) is 0 Å². The molecule has 1 saturated heterocycles. The molecule has 0 spiro atoms. The van der Waals surface area contributed by atoms with E-state index in [9.17, 15) is 4.79 Å². The second-order valence-electron chi connectivity index (χ2n) is 10.5. The number of hydrogen-bond donors (Lipinski definition) is 4. The number of nitrogens with one attached hydrogen (secondary N) is 4. The number of H-pyrrole nitrogens is 1. The van der Waals surface area contributed by atoms with Crippen LogP contribution in [0.2, 0.25) is 10.0 Å². The third kappa shape index (κ3) is 5.98. The van der Waals surface area contributed by atoms with E-state index in [2.05, 4.69) is 42.6 Å². The molecule has 14 heteroatoms. The molecule has 4 N–H and O–H groups in total. The number of benzene rings is 1. The first-order chi connectivity index (χ1) is 20.9. The van der Waals surface area contributed by atoms with E-state index in [0.29, 0.717) is 69.1 Å². The van der Waals surface area contributed by atoms with Crippen molar-refractivity contribution in [2.75, 3.05) is 49.4 Å². The molecule has 4 aromatic rings. The van der Waals surface area contributed by atoms with E-state index in [1.165, 1.54) is 33.1 Å². The number of amides is 1. The molecule has 12 nitrogen and oxygen atoms in total. The summed E-state index contributed by atoms with van der Waals surface area (Å²) in [6.45, 7) is 5.53. The van der Waals surface area contributed by atoms with Gasteiger partial charge in [0.2, 0.25) is 11.9 Å². The van der Waals surface area contributed by atoms with Gasteiger partial charge in [-0.1, -0.05) is 29.8 Å². The second kappa shape index (κ2) is 12.1. The van der Waals surface area contributed by atoms with Gasteiger partial charge in [0.1, 0.15) is 17.0 Å². The van der Waals surface area contributed by atoms with Gasteiger partial charge < -0.3 is 30.3 Å². The highest BCUT2D eigenvalue weighted by atomic mass is 35.5. The van der Waals surface area contributed by atoms with Gasteiger partial charge >= 0.3 is 0 Å². The molecule has 1 saturated carbocycles. The molecule has 2 aliphatic rings. The molecule has 2 atom stereocenters. The van der Waals surface area contributed by atoms with Gasteiger partial charge in [0.25, 0.3) is 0 Å². The van der Waals surface area contributed by atoms with E-state index in [0.717, 1.165) is 17.6 Å². The number of carbonyl (C=O) groups is 1. The number of rotatable bonds is 11. The Kier molecular flexibility index (Phi) is 8.13. The predicted octanol–water partition coefficient (Wildman–Crippen LogP) is 4.53. The van der Waals surface area contributed by atoms with Crippen LogP contribution in [0.3, 0.4) is 0 Å². The molecule has 224 valence electrons. The molecular formula is C29H31Cl2N9O3. The number of aromatic nitrogens is 5. The summed E-state index contributed by atoms with van der Waals surface area (Å²) >= 11 is 13.5. The number of methoxy groups -OCH3 is 2. The van der Waals surface area contributed by atoms with Gasteiger partial charge in [0.15, 0.2) is 5.82 Å². The molecule has 0 unspecified atom stereocenters. The van der Waals surface area contributed by atoms with Crippen LogP contribution in [0.15, 0.2) is 43.4 Å². The number of carbonyl (C=O) groups excluding carboxylic acids is 1. The lowest BCUT2D eigenvalue weighted by atomic mass is 10.1. The van der Waals surface area contributed by atoms with Gasteiger partial charge in [0, 0.05) is 49.0 Å². The Morgan fingerprint density at radius 2 is 1.86 bits per heavy atom. The summed E-state index contributed by atoms with van der Waals surface area (Å²) in [4.78, 5) is 28.8. The van der Waals surface area contributed by atoms with Crippen molar-refractivity contribution in [1.82, 2.24) is 30.5 Å². The number of pyridine rings is 1. The van der Waals surface area contributed by atoms with Gasteiger partial charge in [0.05, 0.1) is 53.9 Å². The molecular weight excluding hydrogens is 593 g/mol. The first kappa shape index (κ1) is 28.8. The second-order valence-corrected chi connectivity index (χ2v) is 11.3. The highest BCUT2D eigenvalue weighted by Gasteiger charge is 2.35. The van der Waals surface area contributed by atoms with Crippen molar-refractivity contribution in [3.05, 3.63) is 53.4 Å². The van der Waals surface area contributed by atoms with E-state index in [1.54, 1.807) is 18.5 Å².